The van der Waals surface area contributed by atoms with Crippen molar-refractivity contribution in [3.05, 3.63) is 101 Å². The number of carbonyl (C=O) groups is 2. The number of hydrogen-bond acceptors (Lipinski definition) is 6. The number of hydrogen-bond donors (Lipinski definition) is 3. The van der Waals surface area contributed by atoms with Crippen LogP contribution in [0.1, 0.15) is 51.4 Å². The van der Waals surface area contributed by atoms with Crippen LogP contribution in [0.25, 0.3) is 11.3 Å². The van der Waals surface area contributed by atoms with Crippen LogP contribution >= 0.6 is 0 Å². The normalized spacial score (nSPS) is 12.4. The molecule has 2 atom stereocenters. The third-order valence-corrected chi connectivity index (χ3v) is 7.34. The topological polar surface area (TPSA) is 137 Å². The average Bonchev–Trinajstić information content (AvgIpc) is 3.47. The monoisotopic (exact) mass is 555 g/mol. The number of amides is 2. The molecule has 1 heterocycles. The fraction of sp³-hybridized carbons (Fsp3) is 0.281. The second-order valence-electron chi connectivity index (χ2n) is 10.1. The van der Waals surface area contributed by atoms with Gasteiger partial charge in [0.2, 0.25) is 11.8 Å². The lowest BCUT2D eigenvalue weighted by molar-refractivity contribution is -0.135. The molecule has 0 aliphatic carbocycles. The molecule has 0 bridgehead atoms. The van der Waals surface area contributed by atoms with Crippen LogP contribution in [-0.4, -0.2) is 46.9 Å². The molecule has 1 aromatic heterocycles. The molecule has 0 fully saturated rings. The quantitative estimate of drug-likeness (QED) is 0.250. The van der Waals surface area contributed by atoms with E-state index in [9.17, 15) is 9.59 Å². The van der Waals surface area contributed by atoms with Crippen LogP contribution in [0.15, 0.2) is 66.9 Å². The molecule has 0 saturated heterocycles. The van der Waals surface area contributed by atoms with Crippen LogP contribution in [0.5, 0.6) is 11.5 Å². The van der Waals surface area contributed by atoms with E-state index in [2.05, 4.69) is 4.98 Å². The van der Waals surface area contributed by atoms with Crippen LogP contribution in [0.2, 0.25) is 0 Å². The molecule has 4 rings (SSSR count). The molecule has 9 heteroatoms. The van der Waals surface area contributed by atoms with Crippen molar-refractivity contribution in [3.8, 4) is 22.8 Å². The highest BCUT2D eigenvalue weighted by Gasteiger charge is 2.29. The molecule has 5 N–H and O–H groups in total. The number of H-pyrrole nitrogens is 1. The highest BCUT2D eigenvalue weighted by Crippen LogP contribution is 2.30. The van der Waals surface area contributed by atoms with Crippen molar-refractivity contribution in [1.29, 1.82) is 0 Å². The van der Waals surface area contributed by atoms with Gasteiger partial charge in [-0.25, -0.2) is 4.98 Å². The number of nitrogens with two attached hydrogens (primary N) is 2. The van der Waals surface area contributed by atoms with Crippen molar-refractivity contribution in [1.82, 2.24) is 14.9 Å². The summed E-state index contributed by atoms with van der Waals surface area (Å²) in [6, 6.07) is 17.6. The lowest BCUT2D eigenvalue weighted by Crippen LogP contribution is -2.46. The number of nitrogens with zero attached hydrogens (tertiary/aromatic N) is 2. The molecule has 0 aliphatic rings. The molecule has 2 amide bonds. The molecule has 0 spiro atoms. The van der Waals surface area contributed by atoms with Gasteiger partial charge in [-0.05, 0) is 73.7 Å². The Morgan fingerprint density at radius 1 is 0.976 bits per heavy atom. The van der Waals surface area contributed by atoms with Gasteiger partial charge in [0.1, 0.15) is 5.82 Å². The summed E-state index contributed by atoms with van der Waals surface area (Å²) in [7, 11) is 3.15. The molecule has 0 radical (unpaired) electrons. The molecule has 0 saturated carbocycles. The number of imidazole rings is 1. The Morgan fingerprint density at radius 2 is 1.63 bits per heavy atom. The Balaban J connectivity index is 1.66. The van der Waals surface area contributed by atoms with Gasteiger partial charge in [0.05, 0.1) is 32.0 Å². The summed E-state index contributed by atoms with van der Waals surface area (Å²) in [5.41, 5.74) is 17.8. The summed E-state index contributed by atoms with van der Waals surface area (Å²) in [4.78, 5) is 35.5. The number of methoxy groups -OCH3 is 2. The van der Waals surface area contributed by atoms with E-state index in [0.717, 1.165) is 33.5 Å². The minimum Gasteiger partial charge on any atom is -0.493 e. The maximum Gasteiger partial charge on any atom is 0.248 e. The second kappa shape index (κ2) is 12.7. The van der Waals surface area contributed by atoms with E-state index in [4.69, 9.17) is 25.9 Å². The van der Waals surface area contributed by atoms with E-state index >= 15 is 0 Å². The summed E-state index contributed by atoms with van der Waals surface area (Å²) in [6.07, 6.45) is 2.14. The Hall–Kier alpha value is -4.63. The number of rotatable bonds is 11. The first kappa shape index (κ1) is 29.4. The number of benzene rings is 3. The van der Waals surface area contributed by atoms with Crippen molar-refractivity contribution in [3.63, 3.8) is 0 Å². The van der Waals surface area contributed by atoms with Crippen LogP contribution in [0.3, 0.4) is 0 Å². The number of aromatic amines is 1. The van der Waals surface area contributed by atoms with Crippen LogP contribution < -0.4 is 20.9 Å². The molecular formula is C32H37N5O4. The largest absolute Gasteiger partial charge is 0.493 e. The first-order chi connectivity index (χ1) is 19.6. The highest BCUT2D eigenvalue weighted by molar-refractivity contribution is 5.93. The van der Waals surface area contributed by atoms with Gasteiger partial charge in [0.25, 0.3) is 0 Å². The van der Waals surface area contributed by atoms with Crippen molar-refractivity contribution < 1.29 is 19.1 Å². The van der Waals surface area contributed by atoms with Crippen LogP contribution in [0, 0.1) is 13.8 Å². The van der Waals surface area contributed by atoms with Gasteiger partial charge in [-0.1, -0.05) is 36.4 Å². The number of aryl methyl sites for hydroxylation is 2. The predicted molar refractivity (Wildman–Crippen MR) is 159 cm³/mol. The third kappa shape index (κ3) is 6.58. The summed E-state index contributed by atoms with van der Waals surface area (Å²) in [5.74, 6) is 1.08. The number of primary amides is 1. The van der Waals surface area contributed by atoms with Crippen molar-refractivity contribution in [2.75, 3.05) is 14.2 Å². The summed E-state index contributed by atoms with van der Waals surface area (Å²) in [5, 5.41) is 0. The SMILES string of the molecule is COc1ccc(CN(C(=O)[C@@H](N)Cc2c(C)cc(C(N)=O)cc2C)[C@@H](C)c2nc(-c3ccccc3)c[nH]2)cc1OC. The van der Waals surface area contributed by atoms with E-state index in [0.29, 0.717) is 29.3 Å². The minimum atomic E-state index is -0.835. The lowest BCUT2D eigenvalue weighted by atomic mass is 9.93. The molecule has 0 unspecified atom stereocenters. The Labute approximate surface area is 240 Å². The zero-order chi connectivity index (χ0) is 29.7. The third-order valence-electron chi connectivity index (χ3n) is 7.34. The Bertz CT molecular complexity index is 1510. The lowest BCUT2D eigenvalue weighted by Gasteiger charge is -2.31. The average molecular weight is 556 g/mol. The second-order valence-corrected chi connectivity index (χ2v) is 10.1. The molecule has 4 aromatic rings. The van der Waals surface area contributed by atoms with Gasteiger partial charge in [0, 0.05) is 23.9 Å². The number of ether oxygens (including phenoxy) is 2. The fourth-order valence-electron chi connectivity index (χ4n) is 5.01. The Kier molecular flexibility index (Phi) is 9.09. The van der Waals surface area contributed by atoms with Gasteiger partial charge in [0.15, 0.2) is 11.5 Å². The minimum absolute atomic E-state index is 0.234. The van der Waals surface area contributed by atoms with Crippen molar-refractivity contribution in [2.24, 2.45) is 11.5 Å². The summed E-state index contributed by atoms with van der Waals surface area (Å²) in [6.45, 7) is 5.99. The van der Waals surface area contributed by atoms with Crippen LogP contribution in [0.4, 0.5) is 0 Å². The van der Waals surface area contributed by atoms with Gasteiger partial charge in [-0.15, -0.1) is 0 Å². The van der Waals surface area contributed by atoms with E-state index in [1.807, 2.05) is 75.5 Å². The van der Waals surface area contributed by atoms with E-state index < -0.39 is 18.0 Å². The van der Waals surface area contributed by atoms with Gasteiger partial charge in [-0.2, -0.15) is 0 Å². The van der Waals surface area contributed by atoms with E-state index in [-0.39, 0.29) is 12.5 Å². The summed E-state index contributed by atoms with van der Waals surface area (Å²) < 4.78 is 10.9. The first-order valence-electron chi connectivity index (χ1n) is 13.4. The summed E-state index contributed by atoms with van der Waals surface area (Å²) >= 11 is 0. The molecule has 41 heavy (non-hydrogen) atoms. The van der Waals surface area contributed by atoms with Crippen molar-refractivity contribution >= 4 is 11.8 Å². The number of carbonyl (C=O) groups excluding carboxylic acids is 2. The molecule has 9 nitrogen and oxygen atoms in total. The van der Waals surface area contributed by atoms with Gasteiger partial charge in [-0.3, -0.25) is 9.59 Å². The highest BCUT2D eigenvalue weighted by atomic mass is 16.5. The fourth-order valence-corrected chi connectivity index (χ4v) is 5.01. The zero-order valence-electron chi connectivity index (χ0n) is 24.1. The number of aromatic nitrogens is 2. The number of nitrogens with one attached hydrogen (secondary N) is 1. The van der Waals surface area contributed by atoms with E-state index in [1.54, 1.807) is 31.3 Å². The van der Waals surface area contributed by atoms with Gasteiger partial charge >= 0.3 is 0 Å². The zero-order valence-corrected chi connectivity index (χ0v) is 24.1. The predicted octanol–water partition coefficient (Wildman–Crippen LogP) is 4.47. The van der Waals surface area contributed by atoms with Crippen LogP contribution in [-0.2, 0) is 17.8 Å². The molecular weight excluding hydrogens is 518 g/mol. The van der Waals surface area contributed by atoms with Gasteiger partial charge < -0.3 is 30.8 Å². The van der Waals surface area contributed by atoms with E-state index in [1.165, 1.54) is 0 Å². The smallest absolute Gasteiger partial charge is 0.248 e. The molecule has 3 aromatic carbocycles. The molecule has 214 valence electrons. The van der Waals surface area contributed by atoms with Crippen molar-refractivity contribution in [2.45, 2.75) is 45.8 Å². The molecule has 0 aliphatic heterocycles. The first-order valence-corrected chi connectivity index (χ1v) is 13.4. The standard InChI is InChI=1S/C32H37N5O4/c1-19-13-24(30(34)38)14-20(2)25(19)16-26(33)32(39)37(18-22-11-12-28(40-4)29(15-22)41-5)21(3)31-35-17-27(36-31)23-9-7-6-8-10-23/h6-15,17,21,26H,16,18,33H2,1-5H3,(H2,34,38)(H,35,36)/t21-,26-/m0/s1. The maximum absolute atomic E-state index is 14.0. The maximum atomic E-state index is 14.0. The Morgan fingerprint density at radius 3 is 2.24 bits per heavy atom.